The van der Waals surface area contributed by atoms with Crippen LogP contribution in [-0.2, 0) is 16.0 Å². The fourth-order valence-corrected chi connectivity index (χ4v) is 2.45. The number of carbonyl (C=O) groups excluding carboxylic acids is 1. The molecule has 2 atom stereocenters. The van der Waals surface area contributed by atoms with Crippen molar-refractivity contribution >= 4 is 5.91 Å². The minimum absolute atomic E-state index is 0.0390. The van der Waals surface area contributed by atoms with E-state index in [1.165, 1.54) is 0 Å². The molecule has 4 nitrogen and oxygen atoms in total. The molecule has 110 valence electrons. The Morgan fingerprint density at radius 3 is 2.80 bits per heavy atom. The molecule has 0 saturated carbocycles. The summed E-state index contributed by atoms with van der Waals surface area (Å²) in [6.45, 7) is 5.42. The van der Waals surface area contributed by atoms with E-state index in [9.17, 15) is 4.79 Å². The van der Waals surface area contributed by atoms with Gasteiger partial charge >= 0.3 is 0 Å². The standard InChI is InChI=1S/C16H23NO3/c1-3-19-14-8-6-13(7-9-14)11-16(18)17-12(2)15-5-4-10-20-15/h6-9,12,15H,3-5,10-11H2,1-2H3,(H,17,18)/t12-,15+/m0/s1. The maximum atomic E-state index is 12.0. The minimum atomic E-state index is 0.0390. The molecule has 0 bridgehead atoms. The van der Waals surface area contributed by atoms with Crippen molar-refractivity contribution in [2.75, 3.05) is 13.2 Å². The summed E-state index contributed by atoms with van der Waals surface area (Å²) in [5, 5.41) is 3.01. The first-order valence-electron chi connectivity index (χ1n) is 7.31. The van der Waals surface area contributed by atoms with E-state index in [0.29, 0.717) is 13.0 Å². The van der Waals surface area contributed by atoms with E-state index in [4.69, 9.17) is 9.47 Å². The third kappa shape index (κ3) is 4.23. The van der Waals surface area contributed by atoms with Crippen LogP contribution < -0.4 is 10.1 Å². The molecule has 1 aliphatic heterocycles. The van der Waals surface area contributed by atoms with E-state index in [-0.39, 0.29) is 18.1 Å². The Morgan fingerprint density at radius 1 is 1.45 bits per heavy atom. The van der Waals surface area contributed by atoms with E-state index < -0.39 is 0 Å². The SMILES string of the molecule is CCOc1ccc(CC(=O)N[C@@H](C)[C@H]2CCCO2)cc1. The molecule has 2 rings (SSSR count). The Balaban J connectivity index is 1.81. The van der Waals surface area contributed by atoms with Crippen LogP contribution in [0.25, 0.3) is 0 Å². The lowest BCUT2D eigenvalue weighted by Crippen LogP contribution is -2.41. The maximum Gasteiger partial charge on any atom is 0.224 e. The van der Waals surface area contributed by atoms with Crippen LogP contribution in [0, 0.1) is 0 Å². The van der Waals surface area contributed by atoms with Crippen molar-refractivity contribution in [3.63, 3.8) is 0 Å². The zero-order valence-electron chi connectivity index (χ0n) is 12.2. The van der Waals surface area contributed by atoms with Gasteiger partial charge in [-0.2, -0.15) is 0 Å². The summed E-state index contributed by atoms with van der Waals surface area (Å²) < 4.78 is 11.0. The second-order valence-corrected chi connectivity index (χ2v) is 5.16. The number of rotatable bonds is 6. The second-order valence-electron chi connectivity index (χ2n) is 5.16. The Bertz CT molecular complexity index is 424. The van der Waals surface area contributed by atoms with Crippen molar-refractivity contribution in [2.24, 2.45) is 0 Å². The first-order chi connectivity index (χ1) is 9.69. The van der Waals surface area contributed by atoms with Crippen LogP contribution in [0.4, 0.5) is 0 Å². The molecular weight excluding hydrogens is 254 g/mol. The molecule has 0 aromatic heterocycles. The molecule has 20 heavy (non-hydrogen) atoms. The van der Waals surface area contributed by atoms with Crippen molar-refractivity contribution < 1.29 is 14.3 Å². The summed E-state index contributed by atoms with van der Waals surface area (Å²) in [5.41, 5.74) is 0.991. The lowest BCUT2D eigenvalue weighted by molar-refractivity contribution is -0.121. The molecule has 1 amide bonds. The van der Waals surface area contributed by atoms with Gasteiger partial charge in [-0.05, 0) is 44.4 Å². The Labute approximate surface area is 120 Å². The van der Waals surface area contributed by atoms with Crippen LogP contribution in [0.3, 0.4) is 0 Å². The number of amides is 1. The third-order valence-corrected chi connectivity index (χ3v) is 3.51. The lowest BCUT2D eigenvalue weighted by Gasteiger charge is -2.20. The summed E-state index contributed by atoms with van der Waals surface area (Å²) in [4.78, 5) is 12.0. The molecular formula is C16H23NO3. The highest BCUT2D eigenvalue weighted by molar-refractivity contribution is 5.78. The molecule has 0 unspecified atom stereocenters. The monoisotopic (exact) mass is 277 g/mol. The van der Waals surface area contributed by atoms with Gasteiger partial charge < -0.3 is 14.8 Å². The third-order valence-electron chi connectivity index (χ3n) is 3.51. The van der Waals surface area contributed by atoms with Gasteiger partial charge in [0.2, 0.25) is 5.91 Å². The number of hydrogen-bond acceptors (Lipinski definition) is 3. The summed E-state index contributed by atoms with van der Waals surface area (Å²) in [7, 11) is 0. The van der Waals surface area contributed by atoms with Crippen LogP contribution in [0.5, 0.6) is 5.75 Å². The summed E-state index contributed by atoms with van der Waals surface area (Å²) in [5.74, 6) is 0.876. The molecule has 1 N–H and O–H groups in total. The molecule has 1 saturated heterocycles. The van der Waals surface area contributed by atoms with Gasteiger partial charge in [-0.3, -0.25) is 4.79 Å². The number of carbonyl (C=O) groups is 1. The molecule has 1 aromatic rings. The molecule has 0 radical (unpaired) electrons. The van der Waals surface area contributed by atoms with Gasteiger partial charge in [0.15, 0.2) is 0 Å². The number of nitrogens with one attached hydrogen (secondary N) is 1. The molecule has 1 fully saturated rings. The van der Waals surface area contributed by atoms with E-state index in [2.05, 4.69) is 5.32 Å². The summed E-state index contributed by atoms with van der Waals surface area (Å²) in [6.07, 6.45) is 2.68. The van der Waals surface area contributed by atoms with Crippen LogP contribution in [0.15, 0.2) is 24.3 Å². The van der Waals surface area contributed by atoms with Gasteiger partial charge in [0.25, 0.3) is 0 Å². The average Bonchev–Trinajstić information content (AvgIpc) is 2.95. The first-order valence-corrected chi connectivity index (χ1v) is 7.31. The van der Waals surface area contributed by atoms with E-state index in [0.717, 1.165) is 30.8 Å². The maximum absolute atomic E-state index is 12.0. The van der Waals surface area contributed by atoms with Gasteiger partial charge in [0, 0.05) is 6.61 Å². The minimum Gasteiger partial charge on any atom is -0.494 e. The molecule has 1 aliphatic rings. The van der Waals surface area contributed by atoms with E-state index in [1.807, 2.05) is 38.1 Å². The van der Waals surface area contributed by atoms with Crippen LogP contribution in [0.1, 0.15) is 32.3 Å². The Morgan fingerprint density at radius 2 is 2.20 bits per heavy atom. The molecule has 0 aliphatic carbocycles. The van der Waals surface area contributed by atoms with Crippen molar-refractivity contribution in [1.82, 2.24) is 5.32 Å². The average molecular weight is 277 g/mol. The van der Waals surface area contributed by atoms with Crippen molar-refractivity contribution in [3.05, 3.63) is 29.8 Å². The van der Waals surface area contributed by atoms with Gasteiger partial charge in [-0.1, -0.05) is 12.1 Å². The molecule has 4 heteroatoms. The Kier molecular flexibility index (Phi) is 5.41. The van der Waals surface area contributed by atoms with Gasteiger partial charge in [0.1, 0.15) is 5.75 Å². The van der Waals surface area contributed by atoms with Crippen molar-refractivity contribution in [1.29, 1.82) is 0 Å². The molecule has 0 spiro atoms. The molecule has 1 aromatic carbocycles. The number of benzene rings is 1. The number of ether oxygens (including phenoxy) is 2. The normalized spacial score (nSPS) is 19.6. The summed E-state index contributed by atoms with van der Waals surface area (Å²) in [6, 6.07) is 7.74. The van der Waals surface area contributed by atoms with Gasteiger partial charge in [-0.15, -0.1) is 0 Å². The fourth-order valence-electron chi connectivity index (χ4n) is 2.45. The van der Waals surface area contributed by atoms with Crippen molar-refractivity contribution in [3.8, 4) is 5.75 Å². The van der Waals surface area contributed by atoms with Crippen LogP contribution in [-0.4, -0.2) is 31.3 Å². The predicted octanol–water partition coefficient (Wildman–Crippen LogP) is 2.31. The zero-order chi connectivity index (χ0) is 14.4. The lowest BCUT2D eigenvalue weighted by atomic mass is 10.1. The highest BCUT2D eigenvalue weighted by atomic mass is 16.5. The second kappa shape index (κ2) is 7.29. The van der Waals surface area contributed by atoms with E-state index in [1.54, 1.807) is 0 Å². The van der Waals surface area contributed by atoms with Crippen LogP contribution in [0.2, 0.25) is 0 Å². The van der Waals surface area contributed by atoms with Gasteiger partial charge in [0.05, 0.1) is 25.2 Å². The smallest absolute Gasteiger partial charge is 0.224 e. The van der Waals surface area contributed by atoms with Gasteiger partial charge in [-0.25, -0.2) is 0 Å². The highest BCUT2D eigenvalue weighted by Crippen LogP contribution is 2.16. The predicted molar refractivity (Wildman–Crippen MR) is 77.9 cm³/mol. The first kappa shape index (κ1) is 14.9. The zero-order valence-corrected chi connectivity index (χ0v) is 12.2. The fraction of sp³-hybridized carbons (Fsp3) is 0.562. The Hall–Kier alpha value is -1.55. The largest absolute Gasteiger partial charge is 0.494 e. The number of hydrogen-bond donors (Lipinski definition) is 1. The topological polar surface area (TPSA) is 47.6 Å². The summed E-state index contributed by atoms with van der Waals surface area (Å²) >= 11 is 0. The van der Waals surface area contributed by atoms with E-state index >= 15 is 0 Å². The van der Waals surface area contributed by atoms with Crippen molar-refractivity contribution in [2.45, 2.75) is 45.3 Å². The quantitative estimate of drug-likeness (QED) is 0.868. The highest BCUT2D eigenvalue weighted by Gasteiger charge is 2.23. The molecule has 1 heterocycles. The van der Waals surface area contributed by atoms with Crippen LogP contribution >= 0.6 is 0 Å².